The maximum Gasteiger partial charge on any atom is 0.409 e. The van der Waals surface area contributed by atoms with Gasteiger partial charge in [0, 0.05) is 45.3 Å². The monoisotopic (exact) mass is 338 g/mol. The van der Waals surface area contributed by atoms with Crippen LogP contribution in [0, 0.1) is 0 Å². The van der Waals surface area contributed by atoms with Gasteiger partial charge in [0.15, 0.2) is 0 Å². The van der Waals surface area contributed by atoms with Crippen LogP contribution >= 0.6 is 0 Å². The number of carbonyl (C=O) groups excluding carboxylic acids is 1. The summed E-state index contributed by atoms with van der Waals surface area (Å²) in [4.78, 5) is 13.1. The molecule has 2 aliphatic heterocycles. The van der Waals surface area contributed by atoms with Crippen LogP contribution in [-0.4, -0.2) is 86.1 Å². The number of halogens is 1. The normalized spacial score (nSPS) is 28.0. The van der Waals surface area contributed by atoms with Crippen molar-refractivity contribution in [2.24, 2.45) is 5.73 Å². The lowest BCUT2D eigenvalue weighted by Gasteiger charge is -2.36. The molecule has 2 heterocycles. The Morgan fingerprint density at radius 3 is 2.50 bits per heavy atom. The van der Waals surface area contributed by atoms with Gasteiger partial charge in [-0.3, -0.25) is 0 Å². The summed E-state index contributed by atoms with van der Waals surface area (Å²) in [5.41, 5.74) is 5.55. The standard InChI is InChI=1S/C12H23FN4O4S/c1-2-21-12(18)15-3-5-16(6-4-15)22(19,20)17-9-10(13)7-11(17)8-14/h10-11H,2-9,14H2,1H3/t10-,11-/m0/s1. The molecule has 0 spiro atoms. The highest BCUT2D eigenvalue weighted by atomic mass is 32.2. The van der Waals surface area contributed by atoms with Crippen molar-refractivity contribution in [1.29, 1.82) is 0 Å². The first-order valence-electron chi connectivity index (χ1n) is 7.42. The number of hydrogen-bond donors (Lipinski definition) is 1. The van der Waals surface area contributed by atoms with Gasteiger partial charge in [-0.25, -0.2) is 9.18 Å². The largest absolute Gasteiger partial charge is 0.450 e. The van der Waals surface area contributed by atoms with Gasteiger partial charge < -0.3 is 15.4 Å². The van der Waals surface area contributed by atoms with Gasteiger partial charge >= 0.3 is 6.09 Å². The van der Waals surface area contributed by atoms with E-state index in [1.54, 1.807) is 6.92 Å². The fourth-order valence-electron chi connectivity index (χ4n) is 2.79. The third kappa shape index (κ3) is 3.50. The van der Waals surface area contributed by atoms with Crippen molar-refractivity contribution < 1.29 is 22.3 Å². The Bertz CT molecular complexity index is 495. The summed E-state index contributed by atoms with van der Waals surface area (Å²) in [6, 6.07) is -0.497. The molecular formula is C12H23FN4O4S. The number of carbonyl (C=O) groups is 1. The first-order valence-corrected chi connectivity index (χ1v) is 8.82. The highest BCUT2D eigenvalue weighted by Gasteiger charge is 2.42. The lowest BCUT2D eigenvalue weighted by Crippen LogP contribution is -2.55. The van der Waals surface area contributed by atoms with Crippen LogP contribution in [0.1, 0.15) is 13.3 Å². The van der Waals surface area contributed by atoms with Crippen molar-refractivity contribution in [3.63, 3.8) is 0 Å². The van der Waals surface area contributed by atoms with Gasteiger partial charge in [0.1, 0.15) is 6.17 Å². The van der Waals surface area contributed by atoms with E-state index in [4.69, 9.17) is 10.5 Å². The van der Waals surface area contributed by atoms with Crippen LogP contribution in [0.5, 0.6) is 0 Å². The minimum absolute atomic E-state index is 0.0996. The summed E-state index contributed by atoms with van der Waals surface area (Å²) in [7, 11) is -3.75. The van der Waals surface area contributed by atoms with Crippen LogP contribution in [0.3, 0.4) is 0 Å². The van der Waals surface area contributed by atoms with Crippen LogP contribution in [0.4, 0.5) is 9.18 Å². The highest BCUT2D eigenvalue weighted by Crippen LogP contribution is 2.25. The Labute approximate surface area is 130 Å². The maximum atomic E-state index is 13.5. The first-order chi connectivity index (χ1) is 10.4. The molecule has 2 saturated heterocycles. The molecule has 0 aliphatic carbocycles. The second-order valence-electron chi connectivity index (χ2n) is 5.38. The molecule has 0 radical (unpaired) electrons. The third-order valence-electron chi connectivity index (χ3n) is 3.97. The van der Waals surface area contributed by atoms with Crippen molar-refractivity contribution in [3.05, 3.63) is 0 Å². The number of alkyl halides is 1. The van der Waals surface area contributed by atoms with Crippen LogP contribution in [0.25, 0.3) is 0 Å². The van der Waals surface area contributed by atoms with Gasteiger partial charge in [0.25, 0.3) is 10.2 Å². The molecule has 0 saturated carbocycles. The predicted molar refractivity (Wildman–Crippen MR) is 78.1 cm³/mol. The van der Waals surface area contributed by atoms with Crippen molar-refractivity contribution in [2.45, 2.75) is 25.6 Å². The number of hydrogen-bond acceptors (Lipinski definition) is 5. The number of nitrogens with two attached hydrogens (primary N) is 1. The van der Waals surface area contributed by atoms with E-state index >= 15 is 0 Å². The fourth-order valence-corrected chi connectivity index (χ4v) is 4.61. The molecule has 128 valence electrons. The molecule has 1 amide bonds. The van der Waals surface area contributed by atoms with E-state index in [1.807, 2.05) is 0 Å². The second kappa shape index (κ2) is 7.07. The molecule has 22 heavy (non-hydrogen) atoms. The van der Waals surface area contributed by atoms with Crippen molar-refractivity contribution >= 4 is 16.3 Å². The van der Waals surface area contributed by atoms with E-state index in [9.17, 15) is 17.6 Å². The maximum absolute atomic E-state index is 13.5. The summed E-state index contributed by atoms with van der Waals surface area (Å²) in [5.74, 6) is 0. The third-order valence-corrected chi connectivity index (χ3v) is 6.03. The van der Waals surface area contributed by atoms with Gasteiger partial charge in [-0.1, -0.05) is 0 Å². The van der Waals surface area contributed by atoms with Gasteiger partial charge in [-0.15, -0.1) is 0 Å². The van der Waals surface area contributed by atoms with E-state index in [-0.39, 0.29) is 52.3 Å². The Kier molecular flexibility index (Phi) is 5.59. The minimum Gasteiger partial charge on any atom is -0.450 e. The lowest BCUT2D eigenvalue weighted by atomic mass is 10.2. The molecule has 0 aromatic carbocycles. The van der Waals surface area contributed by atoms with Gasteiger partial charge in [-0.05, 0) is 13.3 Å². The quantitative estimate of drug-likeness (QED) is 0.737. The van der Waals surface area contributed by atoms with Crippen LogP contribution in [0.15, 0.2) is 0 Å². The zero-order valence-corrected chi connectivity index (χ0v) is 13.5. The lowest BCUT2D eigenvalue weighted by molar-refractivity contribution is 0.0923. The molecule has 0 bridgehead atoms. The van der Waals surface area contributed by atoms with E-state index in [0.29, 0.717) is 0 Å². The van der Waals surface area contributed by atoms with E-state index in [1.165, 1.54) is 9.21 Å². The molecule has 2 fully saturated rings. The highest BCUT2D eigenvalue weighted by molar-refractivity contribution is 7.86. The average Bonchev–Trinajstić information content (AvgIpc) is 2.89. The second-order valence-corrected chi connectivity index (χ2v) is 7.27. The Morgan fingerprint density at radius 2 is 1.95 bits per heavy atom. The molecule has 0 unspecified atom stereocenters. The Hall–Kier alpha value is -0.970. The van der Waals surface area contributed by atoms with Gasteiger partial charge in [0.05, 0.1) is 6.61 Å². The molecule has 8 nitrogen and oxygen atoms in total. The van der Waals surface area contributed by atoms with Crippen LogP contribution < -0.4 is 5.73 Å². The summed E-state index contributed by atoms with van der Waals surface area (Å²) in [5, 5.41) is 0. The summed E-state index contributed by atoms with van der Waals surface area (Å²) in [6.07, 6.45) is -1.48. The molecule has 10 heteroatoms. The Balaban J connectivity index is 1.99. The molecule has 2 N–H and O–H groups in total. The van der Waals surface area contributed by atoms with Gasteiger partial charge in [-0.2, -0.15) is 17.0 Å². The molecular weight excluding hydrogens is 315 g/mol. The number of amides is 1. The molecule has 2 atom stereocenters. The smallest absolute Gasteiger partial charge is 0.409 e. The number of ether oxygens (including phenoxy) is 1. The van der Waals surface area contributed by atoms with Crippen molar-refractivity contribution in [3.8, 4) is 0 Å². The zero-order valence-electron chi connectivity index (χ0n) is 12.6. The summed E-state index contributed by atoms with van der Waals surface area (Å²) >= 11 is 0. The number of rotatable bonds is 4. The number of piperazine rings is 1. The van der Waals surface area contributed by atoms with Gasteiger partial charge in [0.2, 0.25) is 0 Å². The average molecular weight is 338 g/mol. The predicted octanol–water partition coefficient (Wildman–Crippen LogP) is -0.624. The van der Waals surface area contributed by atoms with Crippen LogP contribution in [0.2, 0.25) is 0 Å². The minimum atomic E-state index is -3.75. The summed E-state index contributed by atoms with van der Waals surface area (Å²) < 4.78 is 46.0. The molecule has 0 aromatic heterocycles. The van der Waals surface area contributed by atoms with Crippen molar-refractivity contribution in [2.75, 3.05) is 45.9 Å². The van der Waals surface area contributed by atoms with Crippen LogP contribution in [-0.2, 0) is 14.9 Å². The number of nitrogens with zero attached hydrogens (tertiary/aromatic N) is 3. The summed E-state index contributed by atoms with van der Waals surface area (Å²) in [6.45, 7) is 2.81. The van der Waals surface area contributed by atoms with E-state index in [2.05, 4.69) is 0 Å². The molecule has 2 rings (SSSR count). The first kappa shape index (κ1) is 17.4. The van der Waals surface area contributed by atoms with Crippen molar-refractivity contribution in [1.82, 2.24) is 13.5 Å². The van der Waals surface area contributed by atoms with E-state index in [0.717, 1.165) is 4.31 Å². The molecule has 2 aliphatic rings. The SMILES string of the molecule is CCOC(=O)N1CCN(S(=O)(=O)N2C[C@@H](F)C[C@H]2CN)CC1. The topological polar surface area (TPSA) is 96.2 Å². The Morgan fingerprint density at radius 1 is 1.32 bits per heavy atom. The van der Waals surface area contributed by atoms with E-state index < -0.39 is 28.5 Å². The fraction of sp³-hybridized carbons (Fsp3) is 0.917. The molecule has 0 aromatic rings. The zero-order chi connectivity index (χ0) is 16.3.